The number of amides is 2. The quantitative estimate of drug-likeness (QED) is 0.0881. The molecule has 0 bridgehead atoms. The Hall–Kier alpha value is -5.37. The molecule has 2 aliphatic rings. The number of aromatic nitrogens is 3. The second-order valence-electron chi connectivity index (χ2n) is 12.1. The number of carbonyl (C=O) groups is 2. The van der Waals surface area contributed by atoms with Gasteiger partial charge in [0, 0.05) is 69.2 Å². The van der Waals surface area contributed by atoms with Crippen molar-refractivity contribution in [1.29, 1.82) is 0 Å². The number of nitrogens with zero attached hydrogens (tertiary/aromatic N) is 5. The lowest BCUT2D eigenvalue weighted by atomic mass is 9.98. The van der Waals surface area contributed by atoms with Crippen LogP contribution in [0.2, 0.25) is 0 Å². The predicted octanol–water partition coefficient (Wildman–Crippen LogP) is 3.07. The zero-order valence-electron chi connectivity index (χ0n) is 27.0. The third-order valence-electron chi connectivity index (χ3n) is 8.90. The maximum atomic E-state index is 13.6. The molecule has 0 spiro atoms. The molecule has 2 aromatic carbocycles. The minimum absolute atomic E-state index is 0.0205. The molecule has 1 atom stereocenters. The number of pyridine rings is 1. The second-order valence-corrected chi connectivity index (χ2v) is 12.1. The number of benzene rings is 2. The highest BCUT2D eigenvalue weighted by Crippen LogP contribution is 2.31. The number of carbonyl (C=O) groups excluding carboxylic acids is 2. The fraction of sp³-hybridized carbons (Fsp3) is 0.286. The fourth-order valence-corrected chi connectivity index (χ4v) is 6.11. The topological polar surface area (TPSA) is 165 Å². The Morgan fingerprint density at radius 2 is 1.96 bits per heavy atom. The first-order valence-corrected chi connectivity index (χ1v) is 15.7. The van der Waals surface area contributed by atoms with E-state index < -0.39 is 5.60 Å². The lowest BCUT2D eigenvalue weighted by molar-refractivity contribution is -0.138. The van der Waals surface area contributed by atoms with Crippen molar-refractivity contribution in [3.63, 3.8) is 0 Å². The molecule has 0 saturated carbocycles. The maximum Gasteiger partial charge on any atom is 0.258 e. The van der Waals surface area contributed by atoms with Gasteiger partial charge in [-0.05, 0) is 53.8 Å². The minimum Gasteiger partial charge on any atom is -0.367 e. The third-order valence-corrected chi connectivity index (χ3v) is 8.90. The van der Waals surface area contributed by atoms with Gasteiger partial charge in [-0.25, -0.2) is 10.8 Å². The Morgan fingerprint density at radius 3 is 2.65 bits per heavy atom. The Labute approximate surface area is 277 Å². The molecule has 5 N–H and O–H groups in total. The normalized spacial score (nSPS) is 18.3. The minimum atomic E-state index is -1.09. The first-order chi connectivity index (χ1) is 23.1. The lowest BCUT2D eigenvalue weighted by Crippen LogP contribution is -2.48. The molecule has 248 valence electrons. The molecule has 13 heteroatoms. The number of likely N-dealkylation sites (tertiary alicyclic amines) is 1. The first kappa shape index (κ1) is 32.6. The van der Waals surface area contributed by atoms with Crippen LogP contribution in [0.3, 0.4) is 0 Å². The van der Waals surface area contributed by atoms with Gasteiger partial charge in [0.05, 0.1) is 17.8 Å². The fourth-order valence-electron chi connectivity index (χ4n) is 6.11. The predicted molar refractivity (Wildman–Crippen MR) is 187 cm³/mol. The van der Waals surface area contributed by atoms with Gasteiger partial charge in [-0.2, -0.15) is 5.10 Å². The molecule has 2 aromatic heterocycles. The van der Waals surface area contributed by atoms with Gasteiger partial charge in [0.25, 0.3) is 5.91 Å². The van der Waals surface area contributed by atoms with E-state index in [-0.39, 0.29) is 23.9 Å². The smallest absolute Gasteiger partial charge is 0.258 e. The highest BCUT2D eigenvalue weighted by molar-refractivity contribution is 6.01. The number of hydrogen-bond acceptors (Lipinski definition) is 8. The van der Waals surface area contributed by atoms with E-state index in [0.717, 1.165) is 34.0 Å². The van der Waals surface area contributed by atoms with Crippen molar-refractivity contribution in [2.45, 2.75) is 18.4 Å². The number of aromatic amines is 2. The van der Waals surface area contributed by atoms with E-state index in [0.29, 0.717) is 49.7 Å². The molecule has 6 rings (SSSR count). The van der Waals surface area contributed by atoms with Gasteiger partial charge in [0.1, 0.15) is 12.0 Å². The van der Waals surface area contributed by atoms with Crippen LogP contribution in [-0.2, 0) is 14.3 Å². The van der Waals surface area contributed by atoms with E-state index in [1.54, 1.807) is 25.4 Å². The maximum absolute atomic E-state index is 13.6. The number of hydrazine groups is 1. The number of rotatable bonds is 10. The van der Waals surface area contributed by atoms with Crippen molar-refractivity contribution in [2.75, 3.05) is 52.2 Å². The zero-order chi connectivity index (χ0) is 33.8. The van der Waals surface area contributed by atoms with Crippen molar-refractivity contribution in [3.05, 3.63) is 94.9 Å². The van der Waals surface area contributed by atoms with E-state index in [1.165, 1.54) is 30.1 Å². The summed E-state index contributed by atoms with van der Waals surface area (Å²) in [5, 5.41) is 12.6. The molecule has 1 fully saturated rings. The summed E-state index contributed by atoms with van der Waals surface area (Å²) >= 11 is 0. The Bertz CT molecular complexity index is 1940. The summed E-state index contributed by atoms with van der Waals surface area (Å²) < 4.78 is 5.82. The van der Waals surface area contributed by atoms with Gasteiger partial charge in [0.15, 0.2) is 5.60 Å². The van der Waals surface area contributed by atoms with E-state index in [4.69, 9.17) is 10.6 Å². The number of nitrogens with one attached hydrogen (secondary N) is 3. The number of ether oxygens (including phenoxy) is 1. The van der Waals surface area contributed by atoms with Crippen molar-refractivity contribution in [3.8, 4) is 11.3 Å². The van der Waals surface area contributed by atoms with Gasteiger partial charge in [-0.15, -0.1) is 0 Å². The summed E-state index contributed by atoms with van der Waals surface area (Å²) in [5.74, 6) is 5.33. The monoisotopic (exact) mass is 649 g/mol. The molecule has 4 aromatic rings. The second kappa shape index (κ2) is 13.8. The van der Waals surface area contributed by atoms with E-state index >= 15 is 0 Å². The van der Waals surface area contributed by atoms with E-state index in [1.807, 2.05) is 46.2 Å². The van der Waals surface area contributed by atoms with Crippen LogP contribution in [0.4, 0.5) is 5.69 Å². The van der Waals surface area contributed by atoms with Crippen LogP contribution >= 0.6 is 0 Å². The van der Waals surface area contributed by atoms with Crippen molar-refractivity contribution >= 4 is 46.0 Å². The van der Waals surface area contributed by atoms with Gasteiger partial charge >= 0.3 is 0 Å². The Balaban J connectivity index is 1.05. The molecule has 2 aliphatic heterocycles. The summed E-state index contributed by atoms with van der Waals surface area (Å²) in [4.78, 5) is 49.2. The van der Waals surface area contributed by atoms with Crippen molar-refractivity contribution < 1.29 is 14.3 Å². The number of nitrogens with two attached hydrogens (primary N) is 1. The first-order valence-electron chi connectivity index (χ1n) is 15.7. The van der Waals surface area contributed by atoms with Crippen LogP contribution in [0.25, 0.3) is 33.4 Å². The van der Waals surface area contributed by atoms with Crippen LogP contribution in [0.5, 0.6) is 0 Å². The average molecular weight is 650 g/mol. The number of methoxy groups -OCH3 is 1. The Morgan fingerprint density at radius 1 is 1.17 bits per heavy atom. The zero-order valence-corrected chi connectivity index (χ0v) is 27.0. The summed E-state index contributed by atoms with van der Waals surface area (Å²) in [6.45, 7) is 6.20. The number of aliphatic imine (C=N–C) groups is 1. The molecule has 1 saturated heterocycles. The number of H-pyrrole nitrogens is 2. The molecular formula is C35H39N9O4. The molecule has 0 unspecified atom stereocenters. The third kappa shape index (κ3) is 6.98. The summed E-state index contributed by atoms with van der Waals surface area (Å²) in [6, 6.07) is 16.7. The van der Waals surface area contributed by atoms with Gasteiger partial charge in [-0.3, -0.25) is 24.4 Å². The molecule has 0 radical (unpaired) electrons. The summed E-state index contributed by atoms with van der Waals surface area (Å²) in [7, 11) is 3.23. The van der Waals surface area contributed by atoms with Gasteiger partial charge < -0.3 is 24.9 Å². The van der Waals surface area contributed by atoms with Crippen LogP contribution in [0.1, 0.15) is 24.0 Å². The molecule has 13 nitrogen and oxygen atoms in total. The van der Waals surface area contributed by atoms with Crippen LogP contribution < -0.4 is 16.7 Å². The molecule has 0 aliphatic carbocycles. The highest BCUT2D eigenvalue weighted by Gasteiger charge is 2.45. The molecular weight excluding hydrogens is 610 g/mol. The number of fused-ring (bicyclic) bond motifs is 1. The van der Waals surface area contributed by atoms with Crippen molar-refractivity contribution in [2.24, 2.45) is 10.8 Å². The van der Waals surface area contributed by atoms with Crippen LogP contribution in [0, 0.1) is 0 Å². The average Bonchev–Trinajstić information content (AvgIpc) is 3.72. The summed E-state index contributed by atoms with van der Waals surface area (Å²) in [5.41, 5.74) is 5.33. The summed E-state index contributed by atoms with van der Waals surface area (Å²) in [6.07, 6.45) is 6.42. The molecule has 48 heavy (non-hydrogen) atoms. The molecule has 2 amide bonds. The lowest BCUT2D eigenvalue weighted by Gasteiger charge is -2.30. The van der Waals surface area contributed by atoms with E-state index in [9.17, 15) is 14.4 Å². The highest BCUT2D eigenvalue weighted by atomic mass is 16.5. The number of anilines is 1. The van der Waals surface area contributed by atoms with E-state index in [2.05, 4.69) is 38.1 Å². The Kier molecular flexibility index (Phi) is 9.35. The van der Waals surface area contributed by atoms with Crippen LogP contribution in [-0.4, -0.2) is 101 Å². The number of hydrogen-bond donors (Lipinski definition) is 4. The SMILES string of the molecule is C=C(N=CN(C)N)c1ccc(C2=CCN(C(=O)CN3CC[C@@](OC)(C(=O)Nc4ccc5[nH]nc(-c6ccc(=O)[nH]c6)c5c4)C3)CC2)cc1. The standard InChI is InChI=1S/C35H39N9O4/c1-23(38-22-42(2)36)24-4-6-25(7-5-24)26-12-15-44(16-13-26)32(46)20-43-17-14-35(21-43,48-3)34(47)39-28-9-10-30-29(18-28)33(41-40-30)27-8-11-31(45)37-19-27/h4-12,18-19,22H,1,13-17,20-21,36H2,2-3H3,(H,37,45)(H,39,47)(H,40,41)/t35-/m0/s1. The van der Waals surface area contributed by atoms with Crippen molar-refractivity contribution in [1.82, 2.24) is 30.0 Å². The van der Waals surface area contributed by atoms with Gasteiger partial charge in [-0.1, -0.05) is 36.9 Å². The molecule has 4 heterocycles. The van der Waals surface area contributed by atoms with Gasteiger partial charge in [0.2, 0.25) is 11.5 Å². The largest absolute Gasteiger partial charge is 0.367 e. The van der Waals surface area contributed by atoms with Crippen LogP contribution in [0.15, 0.2) is 83.2 Å².